The molecule has 0 atom stereocenters. The molecular formula is C21H22ClNO2. The van der Waals surface area contributed by atoms with Crippen molar-refractivity contribution in [3.05, 3.63) is 60.2 Å². The summed E-state index contributed by atoms with van der Waals surface area (Å²) in [6.45, 7) is 2.22. The Labute approximate surface area is 153 Å². The maximum atomic E-state index is 9.45. The largest absolute Gasteiger partial charge is 0.394 e. The van der Waals surface area contributed by atoms with Crippen molar-refractivity contribution in [2.24, 2.45) is 0 Å². The van der Waals surface area contributed by atoms with Gasteiger partial charge < -0.3 is 15.5 Å². The number of aliphatic hydroxyl groups excluding tert-OH is 2. The number of halogens is 1. The molecule has 1 aliphatic carbocycles. The topological polar surface area (TPSA) is 52.5 Å². The van der Waals surface area contributed by atoms with Crippen LogP contribution in [0.4, 0.5) is 0 Å². The summed E-state index contributed by atoms with van der Waals surface area (Å²) in [4.78, 5) is 0. The predicted octanol–water partition coefficient (Wildman–Crippen LogP) is 3.74. The van der Waals surface area contributed by atoms with Crippen LogP contribution in [0.25, 0.3) is 33.0 Å². The first-order chi connectivity index (χ1) is 11.6. The average molecular weight is 356 g/mol. The lowest BCUT2D eigenvalue weighted by Gasteiger charge is -2.26. The van der Waals surface area contributed by atoms with E-state index in [-0.39, 0.29) is 25.6 Å². The third-order valence-corrected chi connectivity index (χ3v) is 4.96. The highest BCUT2D eigenvalue weighted by molar-refractivity contribution is 6.15. The Morgan fingerprint density at radius 2 is 1.48 bits per heavy atom. The molecule has 3 aromatic rings. The van der Waals surface area contributed by atoms with E-state index in [9.17, 15) is 10.2 Å². The molecule has 0 bridgehead atoms. The maximum Gasteiger partial charge on any atom is 0.0633 e. The minimum absolute atomic E-state index is 0. The van der Waals surface area contributed by atoms with E-state index in [2.05, 4.69) is 59.9 Å². The second kappa shape index (κ2) is 6.77. The average Bonchev–Trinajstić information content (AvgIpc) is 2.96. The molecule has 0 radical (unpaired) electrons. The van der Waals surface area contributed by atoms with Crippen molar-refractivity contribution in [1.82, 2.24) is 5.32 Å². The van der Waals surface area contributed by atoms with E-state index >= 15 is 0 Å². The Kier molecular flexibility index (Phi) is 4.85. The molecule has 0 saturated carbocycles. The smallest absolute Gasteiger partial charge is 0.0633 e. The van der Waals surface area contributed by atoms with Crippen LogP contribution in [0.5, 0.6) is 0 Å². The molecule has 0 fully saturated rings. The summed E-state index contributed by atoms with van der Waals surface area (Å²) in [5, 5.41) is 24.7. The Morgan fingerprint density at radius 3 is 2.16 bits per heavy atom. The summed E-state index contributed by atoms with van der Waals surface area (Å²) < 4.78 is 0. The Morgan fingerprint density at radius 1 is 0.840 bits per heavy atom. The molecule has 0 aliphatic heterocycles. The zero-order chi connectivity index (χ0) is 16.7. The summed E-state index contributed by atoms with van der Waals surface area (Å²) in [7, 11) is 0. The van der Waals surface area contributed by atoms with Gasteiger partial charge in [0, 0.05) is 6.54 Å². The van der Waals surface area contributed by atoms with Gasteiger partial charge in [0.1, 0.15) is 0 Å². The van der Waals surface area contributed by atoms with Crippen molar-refractivity contribution in [3.63, 3.8) is 0 Å². The van der Waals surface area contributed by atoms with Crippen LogP contribution in [0, 0.1) is 0 Å². The lowest BCUT2D eigenvalue weighted by atomic mass is 9.99. The Balaban J connectivity index is 0.00000182. The van der Waals surface area contributed by atoms with Crippen molar-refractivity contribution >= 4 is 23.2 Å². The molecule has 0 amide bonds. The normalized spacial score (nSPS) is 12.1. The number of rotatable bonds is 5. The van der Waals surface area contributed by atoms with Crippen LogP contribution in [0.1, 0.15) is 12.5 Å². The first-order valence-corrected chi connectivity index (χ1v) is 8.27. The number of nitrogens with one attached hydrogen (secondary N) is 1. The summed E-state index contributed by atoms with van der Waals surface area (Å²) in [5.74, 6) is 0. The van der Waals surface area contributed by atoms with Gasteiger partial charge in [-0.05, 0) is 57.6 Å². The van der Waals surface area contributed by atoms with E-state index < -0.39 is 5.54 Å². The predicted molar refractivity (Wildman–Crippen MR) is 105 cm³/mol. The Bertz CT molecular complexity index is 919. The lowest BCUT2D eigenvalue weighted by Crippen LogP contribution is -2.48. The summed E-state index contributed by atoms with van der Waals surface area (Å²) in [5.41, 5.74) is 5.61. The second-order valence-corrected chi connectivity index (χ2v) is 6.82. The van der Waals surface area contributed by atoms with Crippen molar-refractivity contribution in [2.75, 3.05) is 13.2 Å². The third-order valence-electron chi connectivity index (χ3n) is 4.96. The third kappa shape index (κ3) is 2.94. The highest BCUT2D eigenvalue weighted by atomic mass is 35.5. The van der Waals surface area contributed by atoms with E-state index in [1.54, 1.807) is 0 Å². The van der Waals surface area contributed by atoms with Gasteiger partial charge in [0.15, 0.2) is 0 Å². The second-order valence-electron chi connectivity index (χ2n) is 6.82. The highest BCUT2D eigenvalue weighted by Crippen LogP contribution is 2.47. The van der Waals surface area contributed by atoms with Gasteiger partial charge in [0.25, 0.3) is 0 Å². The molecule has 3 aromatic carbocycles. The first-order valence-electron chi connectivity index (χ1n) is 8.27. The van der Waals surface area contributed by atoms with Crippen LogP contribution >= 0.6 is 12.4 Å². The van der Waals surface area contributed by atoms with E-state index in [1.165, 1.54) is 33.0 Å². The van der Waals surface area contributed by atoms with Gasteiger partial charge >= 0.3 is 0 Å². The van der Waals surface area contributed by atoms with Crippen LogP contribution in [-0.4, -0.2) is 29.0 Å². The van der Waals surface area contributed by atoms with Gasteiger partial charge in [-0.2, -0.15) is 0 Å². The monoisotopic (exact) mass is 355 g/mol. The molecule has 130 valence electrons. The fraction of sp³-hybridized carbons (Fsp3) is 0.238. The van der Waals surface area contributed by atoms with Crippen molar-refractivity contribution in [2.45, 2.75) is 19.0 Å². The SMILES string of the molecule is CC(CO)(CO)NCc1cc2c3c(cccc3c1)-c1ccccc1-2.Cl. The fourth-order valence-corrected chi connectivity index (χ4v) is 3.46. The molecular weight excluding hydrogens is 334 g/mol. The van der Waals surface area contributed by atoms with Gasteiger partial charge in [-0.25, -0.2) is 0 Å². The molecule has 0 aromatic heterocycles. The summed E-state index contributed by atoms with van der Waals surface area (Å²) in [6.07, 6.45) is 0. The zero-order valence-electron chi connectivity index (χ0n) is 14.1. The fourth-order valence-electron chi connectivity index (χ4n) is 3.46. The Hall–Kier alpha value is -1.91. The van der Waals surface area contributed by atoms with Crippen molar-refractivity contribution in [1.29, 1.82) is 0 Å². The van der Waals surface area contributed by atoms with Crippen LogP contribution in [0.2, 0.25) is 0 Å². The van der Waals surface area contributed by atoms with E-state index in [1.807, 2.05) is 6.92 Å². The minimum atomic E-state index is -0.672. The lowest BCUT2D eigenvalue weighted by molar-refractivity contribution is 0.103. The van der Waals surface area contributed by atoms with E-state index in [4.69, 9.17) is 0 Å². The van der Waals surface area contributed by atoms with Crippen LogP contribution < -0.4 is 5.32 Å². The standard InChI is InChI=1S/C21H21NO2.ClH/c1-21(12-23,13-24)22-11-14-9-15-5-4-8-18-16-6-2-3-7-17(16)19(10-14)20(15)18;/h2-10,22-24H,11-13H2,1H3;1H. The molecule has 1 aliphatic rings. The zero-order valence-corrected chi connectivity index (χ0v) is 14.9. The van der Waals surface area contributed by atoms with Gasteiger partial charge in [-0.15, -0.1) is 12.4 Å². The molecule has 0 spiro atoms. The maximum absolute atomic E-state index is 9.45. The number of benzene rings is 3. The van der Waals surface area contributed by atoms with Crippen molar-refractivity contribution < 1.29 is 10.2 Å². The van der Waals surface area contributed by atoms with Crippen molar-refractivity contribution in [3.8, 4) is 22.3 Å². The molecule has 3 N–H and O–H groups in total. The van der Waals surface area contributed by atoms with Crippen LogP contribution in [-0.2, 0) is 6.54 Å². The quantitative estimate of drug-likeness (QED) is 0.511. The molecule has 4 rings (SSSR count). The van der Waals surface area contributed by atoms with Gasteiger partial charge in [-0.1, -0.05) is 42.5 Å². The van der Waals surface area contributed by atoms with Crippen LogP contribution in [0.3, 0.4) is 0 Å². The van der Waals surface area contributed by atoms with Gasteiger partial charge in [-0.3, -0.25) is 0 Å². The summed E-state index contributed by atoms with van der Waals surface area (Å²) >= 11 is 0. The highest BCUT2D eigenvalue weighted by Gasteiger charge is 2.23. The van der Waals surface area contributed by atoms with Gasteiger partial charge in [0.2, 0.25) is 0 Å². The molecule has 4 heteroatoms. The first kappa shape index (κ1) is 17.9. The van der Waals surface area contributed by atoms with E-state index in [0.29, 0.717) is 6.54 Å². The number of aliphatic hydroxyl groups is 2. The number of hydrogen-bond donors (Lipinski definition) is 3. The molecule has 0 heterocycles. The molecule has 0 unspecified atom stereocenters. The summed E-state index contributed by atoms with van der Waals surface area (Å²) in [6, 6.07) is 19.4. The van der Waals surface area contributed by atoms with Crippen LogP contribution in [0.15, 0.2) is 54.6 Å². The van der Waals surface area contributed by atoms with Gasteiger partial charge in [0.05, 0.1) is 18.8 Å². The number of hydrogen-bond acceptors (Lipinski definition) is 3. The molecule has 25 heavy (non-hydrogen) atoms. The molecule has 0 saturated heterocycles. The minimum Gasteiger partial charge on any atom is -0.394 e. The number of fused-ring (bicyclic) bond motifs is 3. The van der Waals surface area contributed by atoms with E-state index in [0.717, 1.165) is 5.56 Å². The molecule has 3 nitrogen and oxygen atoms in total.